The van der Waals surface area contributed by atoms with E-state index in [9.17, 15) is 9.59 Å². The molecule has 1 fully saturated rings. The van der Waals surface area contributed by atoms with Crippen molar-refractivity contribution in [2.24, 2.45) is 29.1 Å². The van der Waals surface area contributed by atoms with Crippen LogP contribution in [0.1, 0.15) is 81.1 Å². The smallest absolute Gasteiger partial charge is 0.312 e. The van der Waals surface area contributed by atoms with Gasteiger partial charge in [-0.05, 0) is 50.5 Å². The summed E-state index contributed by atoms with van der Waals surface area (Å²) in [6.07, 6.45) is 5.55. The van der Waals surface area contributed by atoms with Crippen LogP contribution in [0.15, 0.2) is 36.1 Å². The molecule has 0 aromatic carbocycles. The van der Waals surface area contributed by atoms with Crippen LogP contribution >= 0.6 is 0 Å². The van der Waals surface area contributed by atoms with Gasteiger partial charge in [0.05, 0.1) is 18.3 Å². The maximum atomic E-state index is 12.8. The highest BCUT2D eigenvalue weighted by Crippen LogP contribution is 2.40. The number of amides is 1. The highest BCUT2D eigenvalue weighted by Gasteiger charge is 2.48. The predicted octanol–water partition coefficient (Wildman–Crippen LogP) is 6.21. The average molecular weight is 462 g/mol. The van der Waals surface area contributed by atoms with Gasteiger partial charge in [0, 0.05) is 17.9 Å². The van der Waals surface area contributed by atoms with Gasteiger partial charge >= 0.3 is 5.97 Å². The van der Waals surface area contributed by atoms with Gasteiger partial charge in [-0.15, -0.1) is 0 Å². The van der Waals surface area contributed by atoms with E-state index in [0.717, 1.165) is 24.8 Å². The van der Waals surface area contributed by atoms with E-state index in [1.54, 1.807) is 0 Å². The van der Waals surface area contributed by atoms with Gasteiger partial charge in [-0.2, -0.15) is 0 Å². The summed E-state index contributed by atoms with van der Waals surface area (Å²) in [7, 11) is 0. The lowest BCUT2D eigenvalue weighted by atomic mass is 9.72. The number of hydrogen-bond acceptors (Lipinski definition) is 4. The van der Waals surface area contributed by atoms with Crippen LogP contribution in [0.5, 0.6) is 0 Å². The fraction of sp³-hybridized carbons (Fsp3) is 0.714. The van der Waals surface area contributed by atoms with Crippen molar-refractivity contribution in [3.05, 3.63) is 36.1 Å². The van der Waals surface area contributed by atoms with E-state index in [4.69, 9.17) is 9.47 Å². The van der Waals surface area contributed by atoms with Crippen molar-refractivity contribution in [1.82, 2.24) is 5.32 Å². The summed E-state index contributed by atoms with van der Waals surface area (Å²) in [4.78, 5) is 25.3. The Hall–Kier alpha value is -2.04. The van der Waals surface area contributed by atoms with Crippen LogP contribution in [-0.2, 0) is 19.1 Å². The van der Waals surface area contributed by atoms with Crippen molar-refractivity contribution in [1.29, 1.82) is 0 Å². The largest absolute Gasteiger partial charge is 0.495 e. The summed E-state index contributed by atoms with van der Waals surface area (Å²) in [6, 6.07) is -0.124. The van der Waals surface area contributed by atoms with Crippen LogP contribution < -0.4 is 5.32 Å². The molecule has 0 radical (unpaired) electrons. The first-order valence-electron chi connectivity index (χ1n) is 12.5. The van der Waals surface area contributed by atoms with Crippen LogP contribution in [0.25, 0.3) is 0 Å². The van der Waals surface area contributed by atoms with E-state index in [1.165, 1.54) is 5.57 Å². The number of nitrogens with one attached hydrogen (secondary N) is 1. The second-order valence-electron chi connectivity index (χ2n) is 10.3. The summed E-state index contributed by atoms with van der Waals surface area (Å²) in [5, 5.41) is 3.18. The molecule has 0 saturated carbocycles. The maximum Gasteiger partial charge on any atom is 0.312 e. The zero-order chi connectivity index (χ0) is 25.3. The monoisotopic (exact) mass is 461 g/mol. The minimum Gasteiger partial charge on any atom is -0.495 e. The Morgan fingerprint density at radius 3 is 2.36 bits per heavy atom. The number of allylic oxidation sites excluding steroid dienone is 1. The molecule has 1 N–H and O–H groups in total. The second kappa shape index (κ2) is 13.0. The van der Waals surface area contributed by atoms with Gasteiger partial charge in [-0.1, -0.05) is 72.3 Å². The molecule has 0 bridgehead atoms. The molecule has 1 saturated heterocycles. The molecule has 1 heterocycles. The van der Waals surface area contributed by atoms with E-state index < -0.39 is 5.41 Å². The fourth-order valence-corrected chi connectivity index (χ4v) is 4.85. The van der Waals surface area contributed by atoms with E-state index in [0.29, 0.717) is 24.7 Å². The standard InChI is InChI=1S/C28H47NO4/c1-11-13-20(6)24(14-15-32-18(3)4)23(9)26-28(10,16-25(30)29-26)17-33-27(31)22(8)21(7)19(5)12-2/h14,19-20,22-23,26H,3,7,11-13,15-17H2,1-2,4-6,8-10H3,(H,29,30)/b24-14+/t19-,20-,22?,23?,26?,28-/m1/s1. The summed E-state index contributed by atoms with van der Waals surface area (Å²) in [5.41, 5.74) is 1.68. The molecule has 0 aromatic rings. The molecule has 0 spiro atoms. The molecule has 3 unspecified atom stereocenters. The van der Waals surface area contributed by atoms with Gasteiger partial charge in [-0.25, -0.2) is 0 Å². The lowest BCUT2D eigenvalue weighted by Gasteiger charge is -2.37. The molecule has 6 atom stereocenters. The van der Waals surface area contributed by atoms with Gasteiger partial charge in [0.25, 0.3) is 0 Å². The first kappa shape index (κ1) is 29.0. The first-order valence-corrected chi connectivity index (χ1v) is 12.5. The van der Waals surface area contributed by atoms with Gasteiger partial charge in [-0.3, -0.25) is 9.59 Å². The molecule has 1 amide bonds. The van der Waals surface area contributed by atoms with Crippen molar-refractivity contribution in [3.8, 4) is 0 Å². The minimum absolute atomic E-state index is 0.00291. The highest BCUT2D eigenvalue weighted by atomic mass is 16.5. The third-order valence-electron chi connectivity index (χ3n) is 7.30. The van der Waals surface area contributed by atoms with Crippen molar-refractivity contribution >= 4 is 11.9 Å². The predicted molar refractivity (Wildman–Crippen MR) is 135 cm³/mol. The van der Waals surface area contributed by atoms with Gasteiger partial charge < -0.3 is 14.8 Å². The molecule has 1 aliphatic rings. The number of hydrogen-bond donors (Lipinski definition) is 1. The number of carbonyl (C=O) groups is 2. The normalized spacial score (nSPS) is 24.4. The first-order chi connectivity index (χ1) is 15.4. The van der Waals surface area contributed by atoms with Crippen molar-refractivity contribution in [2.45, 2.75) is 87.1 Å². The minimum atomic E-state index is -0.482. The Morgan fingerprint density at radius 2 is 1.82 bits per heavy atom. The molecule has 188 valence electrons. The zero-order valence-corrected chi connectivity index (χ0v) is 22.3. The Labute approximate surface area is 202 Å². The average Bonchev–Trinajstić information content (AvgIpc) is 3.07. The van der Waals surface area contributed by atoms with Crippen molar-refractivity contribution in [2.75, 3.05) is 13.2 Å². The number of ether oxygens (including phenoxy) is 2. The quantitative estimate of drug-likeness (QED) is 0.190. The Kier molecular flexibility index (Phi) is 11.4. The Balaban J connectivity index is 3.03. The van der Waals surface area contributed by atoms with Gasteiger partial charge in [0.15, 0.2) is 0 Å². The molecular formula is C28H47NO4. The molecular weight excluding hydrogens is 414 g/mol. The van der Waals surface area contributed by atoms with Gasteiger partial charge in [0.2, 0.25) is 5.91 Å². The van der Waals surface area contributed by atoms with Crippen LogP contribution in [0, 0.1) is 29.1 Å². The van der Waals surface area contributed by atoms with E-state index >= 15 is 0 Å². The molecule has 0 aliphatic carbocycles. The van der Waals surface area contributed by atoms with Gasteiger partial charge in [0.1, 0.15) is 6.61 Å². The van der Waals surface area contributed by atoms with E-state index in [-0.39, 0.29) is 42.3 Å². The van der Waals surface area contributed by atoms with Crippen LogP contribution in [0.2, 0.25) is 0 Å². The van der Waals surface area contributed by atoms with Crippen molar-refractivity contribution < 1.29 is 19.1 Å². The molecule has 33 heavy (non-hydrogen) atoms. The molecule has 0 aromatic heterocycles. The third kappa shape index (κ3) is 8.04. The van der Waals surface area contributed by atoms with E-state index in [2.05, 4.69) is 59.2 Å². The third-order valence-corrected chi connectivity index (χ3v) is 7.30. The molecule has 5 heteroatoms. The van der Waals surface area contributed by atoms with Crippen LogP contribution in [0.3, 0.4) is 0 Å². The van der Waals surface area contributed by atoms with Crippen LogP contribution in [-0.4, -0.2) is 31.1 Å². The summed E-state index contributed by atoms with van der Waals surface area (Å²) >= 11 is 0. The summed E-state index contributed by atoms with van der Waals surface area (Å²) in [5.74, 6) is 0.772. The molecule has 1 rings (SSSR count). The molecule has 1 aliphatic heterocycles. The Bertz CT molecular complexity index is 740. The maximum absolute atomic E-state index is 12.8. The summed E-state index contributed by atoms with van der Waals surface area (Å²) < 4.78 is 11.4. The zero-order valence-electron chi connectivity index (χ0n) is 22.3. The fourth-order valence-electron chi connectivity index (χ4n) is 4.85. The lowest BCUT2D eigenvalue weighted by Crippen LogP contribution is -2.45. The SMILES string of the molecule is C=C(C)OC/C=C(/C(C)C1NC(=O)C[C@]1(C)COC(=O)C(C)C(=C)[C@H](C)CC)[C@H](C)CCC. The van der Waals surface area contributed by atoms with Crippen molar-refractivity contribution in [3.63, 3.8) is 0 Å². The Morgan fingerprint density at radius 1 is 1.18 bits per heavy atom. The highest BCUT2D eigenvalue weighted by molar-refractivity contribution is 5.80. The number of carbonyl (C=O) groups excluding carboxylic acids is 2. The lowest BCUT2D eigenvalue weighted by molar-refractivity contribution is -0.150. The number of rotatable bonds is 14. The second-order valence-corrected chi connectivity index (χ2v) is 10.3. The van der Waals surface area contributed by atoms with Crippen LogP contribution in [0.4, 0.5) is 0 Å². The topological polar surface area (TPSA) is 64.6 Å². The summed E-state index contributed by atoms with van der Waals surface area (Å²) in [6.45, 7) is 25.0. The molecule has 5 nitrogen and oxygen atoms in total. The number of esters is 1. The van der Waals surface area contributed by atoms with E-state index in [1.807, 2.05) is 20.8 Å².